The number of hydrogen-bond acceptors (Lipinski definition) is 0. The van der Waals surface area contributed by atoms with Gasteiger partial charge in [-0.15, -0.1) is 0 Å². The van der Waals surface area contributed by atoms with E-state index in [0.717, 1.165) is 0 Å². The van der Waals surface area contributed by atoms with Crippen molar-refractivity contribution in [1.82, 2.24) is 0 Å². The number of rotatable bonds is 24. The van der Waals surface area contributed by atoms with Crippen LogP contribution in [0.3, 0.4) is 0 Å². The molecule has 0 spiro atoms. The smallest absolute Gasteiger partial charge is 0.0596 e. The van der Waals surface area contributed by atoms with Gasteiger partial charge in [0, 0.05) is 0 Å². The molecular formula is C28H61Cl3P2. The molecule has 0 nitrogen and oxygen atoms in total. The molecule has 0 atom stereocenters. The molecule has 0 N–H and O–H groups in total. The Hall–Kier alpha value is 1.73. The first-order valence-corrected chi connectivity index (χ1v) is 21.6. The molecule has 0 aliphatic rings. The Kier molecular flexibility index (Phi) is 33.5. The zero-order chi connectivity index (χ0) is 25.0. The number of unbranched alkanes of at least 4 members (excludes halogenated alkanes) is 16. The molecule has 0 saturated heterocycles. The largest absolute Gasteiger partial charge is 0.179 e. The van der Waals surface area contributed by atoms with E-state index in [1.54, 1.807) is 31.1 Å². The molecule has 33 heavy (non-hydrogen) atoms. The van der Waals surface area contributed by atoms with Crippen LogP contribution in [0.15, 0.2) is 0 Å². The number of halogens is 3. The first-order valence-electron chi connectivity index (χ1n) is 14.7. The van der Waals surface area contributed by atoms with Gasteiger partial charge in [0.15, 0.2) is 5.98 Å². The summed E-state index contributed by atoms with van der Waals surface area (Å²) < 4.78 is 0. The van der Waals surface area contributed by atoms with Crippen molar-refractivity contribution in [2.75, 3.05) is 24.6 Å². The van der Waals surface area contributed by atoms with Crippen LogP contribution in [0.2, 0.25) is 0 Å². The minimum atomic E-state index is -1.20. The Labute approximate surface area is 226 Å². The van der Waals surface area contributed by atoms with E-state index in [-0.39, 0.29) is 0 Å². The van der Waals surface area contributed by atoms with Crippen molar-refractivity contribution in [1.29, 1.82) is 0 Å². The van der Waals surface area contributed by atoms with Crippen LogP contribution in [-0.2, 0) is 0 Å². The van der Waals surface area contributed by atoms with Crippen molar-refractivity contribution < 1.29 is 0 Å². The summed E-state index contributed by atoms with van der Waals surface area (Å²) in [4.78, 5) is 0. The van der Waals surface area contributed by atoms with Crippen molar-refractivity contribution >= 4 is 47.0 Å². The summed E-state index contributed by atoms with van der Waals surface area (Å²) in [6.45, 7) is 9.49. The van der Waals surface area contributed by atoms with Crippen LogP contribution in [0.25, 0.3) is 0 Å². The Balaban J connectivity index is 0. The quantitative estimate of drug-likeness (QED) is 0.0806. The summed E-state index contributed by atoms with van der Waals surface area (Å²) in [5.41, 5.74) is 0. The second kappa shape index (κ2) is 30.0. The van der Waals surface area contributed by atoms with Crippen molar-refractivity contribution in [3.05, 3.63) is 0 Å². The van der Waals surface area contributed by atoms with Gasteiger partial charge in [-0.25, -0.2) is 0 Å². The fraction of sp³-hybridized carbons (Fsp3) is 1.00. The third-order valence-corrected chi connectivity index (χ3v) is 12.9. The first kappa shape index (κ1) is 36.9. The molecule has 0 aliphatic heterocycles. The molecule has 0 radical (unpaired) electrons. The molecule has 0 fully saturated rings. The van der Waals surface area contributed by atoms with E-state index in [1.165, 1.54) is 122 Å². The minimum Gasteiger partial charge on any atom is -0.0596 e. The van der Waals surface area contributed by atoms with Crippen molar-refractivity contribution in [3.8, 4) is 0 Å². The van der Waals surface area contributed by atoms with Gasteiger partial charge < -0.3 is 0 Å². The van der Waals surface area contributed by atoms with Gasteiger partial charge in [0.25, 0.3) is 0 Å². The van der Waals surface area contributed by atoms with Gasteiger partial charge in [0.2, 0.25) is 0 Å². The molecule has 0 saturated carbocycles. The van der Waals surface area contributed by atoms with Gasteiger partial charge in [0.05, 0.1) is 0 Å². The molecule has 0 heterocycles. The molecule has 0 aromatic rings. The Morgan fingerprint density at radius 2 is 0.576 bits per heavy atom. The van der Waals surface area contributed by atoms with Crippen molar-refractivity contribution in [2.24, 2.45) is 0 Å². The summed E-state index contributed by atoms with van der Waals surface area (Å²) in [7, 11) is -0.961. The van der Waals surface area contributed by atoms with Crippen LogP contribution in [0, 0.1) is 0 Å². The Bertz CT molecular complexity index is 330. The first-order chi connectivity index (χ1) is 16.0. The number of hydrogen-bond donors (Lipinski definition) is 0. The van der Waals surface area contributed by atoms with E-state index in [0.29, 0.717) is 0 Å². The van der Waals surface area contributed by atoms with Gasteiger partial charge in [-0.05, 0) is 0 Å². The van der Waals surface area contributed by atoms with Crippen LogP contribution < -0.4 is 0 Å². The monoisotopic (exact) mass is 564 g/mol. The molecule has 204 valence electrons. The van der Waals surface area contributed by atoms with Crippen LogP contribution in [0.1, 0.15) is 156 Å². The van der Waals surface area contributed by atoms with Crippen molar-refractivity contribution in [3.63, 3.8) is 0 Å². The topological polar surface area (TPSA) is 0 Å². The third kappa shape index (κ3) is 29.8. The summed E-state index contributed by atoms with van der Waals surface area (Å²) in [5, 5.41) is 0. The van der Waals surface area contributed by atoms with Crippen LogP contribution >= 0.6 is 47.0 Å². The fourth-order valence-electron chi connectivity index (χ4n) is 5.10. The van der Waals surface area contributed by atoms with Crippen LogP contribution in [-0.4, -0.2) is 24.6 Å². The molecule has 0 aromatic heterocycles. The fourth-order valence-corrected chi connectivity index (χ4v) is 10.9. The summed E-state index contributed by atoms with van der Waals surface area (Å²) in [6, 6.07) is 0. The second-order valence-corrected chi connectivity index (χ2v) is 20.3. The average molecular weight is 566 g/mol. The van der Waals surface area contributed by atoms with E-state index >= 15 is 0 Å². The Morgan fingerprint density at radius 3 is 0.848 bits per heavy atom. The van der Waals surface area contributed by atoms with E-state index < -0.39 is 13.2 Å². The molecule has 0 bridgehead atoms. The van der Waals surface area contributed by atoms with Crippen LogP contribution in [0.5, 0.6) is 0 Å². The van der Waals surface area contributed by atoms with Gasteiger partial charge in [-0.3, -0.25) is 0 Å². The molecule has 5 heteroatoms. The molecule has 0 aliphatic carbocycles. The average Bonchev–Trinajstić information content (AvgIpc) is 2.79. The van der Waals surface area contributed by atoms with E-state index in [4.69, 9.17) is 33.7 Å². The standard InChI is InChI=1S/C28H61P.Cl3P/c1-5-9-13-14-15-16-17-18-19-20-21-22-23-24-28-29(25-10-6-2,26-11-7-3)27-12-8-4;1-4(2)3/h29H,5-28H2,1-4H3;. The minimum absolute atomic E-state index is 0.961. The molecule has 0 rings (SSSR count). The zero-order valence-corrected chi connectivity index (χ0v) is 27.2. The maximum Gasteiger partial charge on any atom is 0.179 e. The molecule has 0 amide bonds. The van der Waals surface area contributed by atoms with Crippen LogP contribution in [0.4, 0.5) is 0 Å². The van der Waals surface area contributed by atoms with E-state index in [1.807, 2.05) is 0 Å². The summed E-state index contributed by atoms with van der Waals surface area (Å²) >= 11 is 14.6. The maximum absolute atomic E-state index is 4.87. The predicted molar refractivity (Wildman–Crippen MR) is 167 cm³/mol. The molecular weight excluding hydrogens is 505 g/mol. The van der Waals surface area contributed by atoms with Gasteiger partial charge in [-0.1, -0.05) is 59.9 Å². The summed E-state index contributed by atoms with van der Waals surface area (Å²) in [6.07, 6.45) is 36.2. The molecule has 0 unspecified atom stereocenters. The van der Waals surface area contributed by atoms with Crippen molar-refractivity contribution in [2.45, 2.75) is 156 Å². The Morgan fingerprint density at radius 1 is 0.364 bits per heavy atom. The van der Waals surface area contributed by atoms with E-state index in [9.17, 15) is 0 Å². The second-order valence-electron chi connectivity index (χ2n) is 10.3. The maximum atomic E-state index is 4.87. The van der Waals surface area contributed by atoms with Gasteiger partial charge in [-0.2, -0.15) is 0 Å². The molecule has 0 aromatic carbocycles. The normalized spacial score (nSPS) is 12.1. The predicted octanol–water partition coefficient (Wildman–Crippen LogP) is 13.5. The SMILES string of the molecule is CCCCCCCCCCCCCCCC[PH](CCCC)(CCCC)CCCC.ClP(Cl)Cl. The summed E-state index contributed by atoms with van der Waals surface area (Å²) in [5.74, 6) is -1.20. The third-order valence-electron chi connectivity index (χ3n) is 7.24. The van der Waals surface area contributed by atoms with Gasteiger partial charge >= 0.3 is 162 Å². The van der Waals surface area contributed by atoms with Gasteiger partial charge in [0.1, 0.15) is 0 Å². The van der Waals surface area contributed by atoms with E-state index in [2.05, 4.69) is 27.7 Å². The zero-order valence-electron chi connectivity index (χ0n) is 23.1.